The zero-order valence-electron chi connectivity index (χ0n) is 12.4. The number of aromatic nitrogens is 1. The number of hydrogen-bond donors (Lipinski definition) is 1. The monoisotopic (exact) mass is 371 g/mol. The lowest BCUT2D eigenvalue weighted by Gasteiger charge is -2.38. The van der Waals surface area contributed by atoms with Crippen molar-refractivity contribution < 1.29 is 22.3 Å². The number of nitrogens with one attached hydrogen (secondary N) is 1. The molecule has 1 amide bonds. The molecular formula is C14H14FN3O4S2. The van der Waals surface area contributed by atoms with Gasteiger partial charge in [0.05, 0.1) is 24.5 Å². The van der Waals surface area contributed by atoms with Crippen LogP contribution in [0.1, 0.15) is 0 Å². The van der Waals surface area contributed by atoms with Crippen LogP contribution in [0.4, 0.5) is 4.39 Å². The normalized spacial score (nSPS) is 15.1. The van der Waals surface area contributed by atoms with Crippen molar-refractivity contribution in [3.63, 3.8) is 0 Å². The Morgan fingerprint density at radius 1 is 1.46 bits per heavy atom. The summed E-state index contributed by atoms with van der Waals surface area (Å²) in [7, 11) is -3.93. The van der Waals surface area contributed by atoms with E-state index in [1.807, 2.05) is 0 Å². The number of hydrogen-bond acceptors (Lipinski definition) is 6. The molecule has 0 bridgehead atoms. The number of halogens is 1. The summed E-state index contributed by atoms with van der Waals surface area (Å²) in [6, 6.07) is 4.60. The van der Waals surface area contributed by atoms with Crippen LogP contribution < -0.4 is 9.46 Å². The minimum absolute atomic E-state index is 0.139. The lowest BCUT2D eigenvalue weighted by Crippen LogP contribution is -2.58. The Hall–Kier alpha value is -2.04. The fourth-order valence-electron chi connectivity index (χ4n) is 2.11. The maximum absolute atomic E-state index is 13.1. The van der Waals surface area contributed by atoms with E-state index in [0.717, 1.165) is 12.1 Å². The van der Waals surface area contributed by atoms with E-state index in [1.165, 1.54) is 28.4 Å². The molecule has 1 aromatic carbocycles. The van der Waals surface area contributed by atoms with Crippen LogP contribution in [0.5, 0.6) is 5.19 Å². The second kappa shape index (κ2) is 6.83. The molecule has 1 N–H and O–H groups in total. The maximum atomic E-state index is 13.1. The van der Waals surface area contributed by atoms with E-state index in [4.69, 9.17) is 4.74 Å². The van der Waals surface area contributed by atoms with Gasteiger partial charge in [-0.15, -0.1) is 0 Å². The average molecular weight is 371 g/mol. The van der Waals surface area contributed by atoms with Crippen molar-refractivity contribution in [3.8, 4) is 5.19 Å². The number of amides is 1. The molecule has 0 spiro atoms. The van der Waals surface area contributed by atoms with Gasteiger partial charge >= 0.3 is 0 Å². The SMILES string of the molecule is O=C(CNS(=O)(=O)c1cccc(F)c1)N1CC(Oc2nccs2)C1. The van der Waals surface area contributed by atoms with Gasteiger partial charge in [-0.25, -0.2) is 22.5 Å². The highest BCUT2D eigenvalue weighted by Gasteiger charge is 2.33. The summed E-state index contributed by atoms with van der Waals surface area (Å²) in [6.45, 7) is 0.364. The number of benzene rings is 1. The van der Waals surface area contributed by atoms with Gasteiger partial charge in [-0.2, -0.15) is 0 Å². The molecule has 0 radical (unpaired) electrons. The molecule has 0 unspecified atom stereocenters. The summed E-state index contributed by atoms with van der Waals surface area (Å²) >= 11 is 1.36. The van der Waals surface area contributed by atoms with Crippen molar-refractivity contribution in [3.05, 3.63) is 41.7 Å². The van der Waals surface area contributed by atoms with Crippen LogP contribution in [0.15, 0.2) is 40.7 Å². The Balaban J connectivity index is 1.48. The van der Waals surface area contributed by atoms with E-state index < -0.39 is 15.8 Å². The zero-order valence-corrected chi connectivity index (χ0v) is 14.0. The molecule has 7 nitrogen and oxygen atoms in total. The summed E-state index contributed by atoms with van der Waals surface area (Å²) < 4.78 is 44.8. The Kier molecular flexibility index (Phi) is 4.78. The van der Waals surface area contributed by atoms with Crippen molar-refractivity contribution in [2.45, 2.75) is 11.0 Å². The predicted molar refractivity (Wildman–Crippen MR) is 84.7 cm³/mol. The first-order valence-corrected chi connectivity index (χ1v) is 9.39. The van der Waals surface area contributed by atoms with E-state index in [0.29, 0.717) is 18.3 Å². The van der Waals surface area contributed by atoms with Gasteiger partial charge in [-0.1, -0.05) is 17.4 Å². The number of nitrogens with zero attached hydrogens (tertiary/aromatic N) is 2. The first-order valence-electron chi connectivity index (χ1n) is 7.03. The number of thiazole rings is 1. The summed E-state index contributed by atoms with van der Waals surface area (Å²) in [4.78, 5) is 17.2. The second-order valence-corrected chi connectivity index (χ2v) is 7.74. The average Bonchev–Trinajstić information content (AvgIpc) is 3.01. The lowest BCUT2D eigenvalue weighted by molar-refractivity contribution is -0.138. The molecule has 128 valence electrons. The van der Waals surface area contributed by atoms with Crippen molar-refractivity contribution in [2.24, 2.45) is 0 Å². The van der Waals surface area contributed by atoms with Crippen molar-refractivity contribution in [2.75, 3.05) is 19.6 Å². The summed E-state index contributed by atoms with van der Waals surface area (Å²) in [6.07, 6.45) is 1.49. The summed E-state index contributed by atoms with van der Waals surface area (Å²) in [5.41, 5.74) is 0. The minimum Gasteiger partial charge on any atom is -0.463 e. The van der Waals surface area contributed by atoms with E-state index in [9.17, 15) is 17.6 Å². The largest absolute Gasteiger partial charge is 0.463 e. The molecule has 1 fully saturated rings. The van der Waals surface area contributed by atoms with Gasteiger partial charge in [0.2, 0.25) is 15.9 Å². The van der Waals surface area contributed by atoms with Gasteiger partial charge in [0.1, 0.15) is 11.9 Å². The van der Waals surface area contributed by atoms with Gasteiger partial charge < -0.3 is 9.64 Å². The molecule has 1 aromatic heterocycles. The molecule has 0 atom stereocenters. The molecule has 0 aliphatic carbocycles. The second-order valence-electron chi connectivity index (χ2n) is 5.12. The first kappa shape index (κ1) is 16.8. The molecule has 10 heteroatoms. The predicted octanol–water partition coefficient (Wildman–Crippen LogP) is 0.850. The van der Waals surface area contributed by atoms with Gasteiger partial charge in [-0.05, 0) is 18.2 Å². The van der Waals surface area contributed by atoms with E-state index in [-0.39, 0.29) is 23.5 Å². The number of carbonyl (C=O) groups excluding carboxylic acids is 1. The topological polar surface area (TPSA) is 88.6 Å². The van der Waals surface area contributed by atoms with Crippen LogP contribution in [0, 0.1) is 5.82 Å². The fourth-order valence-corrected chi connectivity index (χ4v) is 3.67. The Morgan fingerprint density at radius 3 is 2.92 bits per heavy atom. The summed E-state index contributed by atoms with van der Waals surface area (Å²) in [5.74, 6) is -1.02. The quantitative estimate of drug-likeness (QED) is 0.813. The van der Waals surface area contributed by atoms with Gasteiger partial charge in [-0.3, -0.25) is 4.79 Å². The minimum atomic E-state index is -3.93. The van der Waals surface area contributed by atoms with Crippen LogP contribution in [0.25, 0.3) is 0 Å². The number of ether oxygens (including phenoxy) is 1. The van der Waals surface area contributed by atoms with E-state index in [1.54, 1.807) is 11.6 Å². The Bertz CT molecular complexity index is 820. The summed E-state index contributed by atoms with van der Waals surface area (Å²) in [5, 5.41) is 2.33. The number of sulfonamides is 1. The van der Waals surface area contributed by atoms with Crippen LogP contribution >= 0.6 is 11.3 Å². The van der Waals surface area contributed by atoms with Crippen molar-refractivity contribution in [1.82, 2.24) is 14.6 Å². The van der Waals surface area contributed by atoms with E-state index in [2.05, 4.69) is 9.71 Å². The number of carbonyl (C=O) groups is 1. The molecular weight excluding hydrogens is 357 g/mol. The van der Waals surface area contributed by atoms with Crippen LogP contribution in [-0.2, 0) is 14.8 Å². The standard InChI is InChI=1S/C14H14FN3O4S2/c15-10-2-1-3-12(6-10)24(20,21)17-7-13(19)18-8-11(9-18)22-14-16-4-5-23-14/h1-6,11,17H,7-9H2. The Labute approximate surface area is 142 Å². The lowest BCUT2D eigenvalue weighted by atomic mass is 10.1. The molecule has 1 aliphatic rings. The first-order chi connectivity index (χ1) is 11.4. The van der Waals surface area contributed by atoms with Crippen molar-refractivity contribution in [1.29, 1.82) is 0 Å². The molecule has 2 aromatic rings. The number of likely N-dealkylation sites (tertiary alicyclic amines) is 1. The molecule has 3 rings (SSSR count). The molecule has 0 saturated carbocycles. The van der Waals surface area contributed by atoms with Gasteiger partial charge in [0.15, 0.2) is 0 Å². The highest BCUT2D eigenvalue weighted by molar-refractivity contribution is 7.89. The van der Waals surface area contributed by atoms with Crippen LogP contribution in [0.2, 0.25) is 0 Å². The van der Waals surface area contributed by atoms with Crippen LogP contribution in [0.3, 0.4) is 0 Å². The maximum Gasteiger partial charge on any atom is 0.273 e. The molecule has 1 saturated heterocycles. The zero-order chi connectivity index (χ0) is 17.2. The highest BCUT2D eigenvalue weighted by Crippen LogP contribution is 2.20. The molecule has 1 aliphatic heterocycles. The third kappa shape index (κ3) is 3.89. The molecule has 24 heavy (non-hydrogen) atoms. The third-order valence-corrected chi connectivity index (χ3v) is 5.46. The Morgan fingerprint density at radius 2 is 2.25 bits per heavy atom. The van der Waals surface area contributed by atoms with Gasteiger partial charge in [0, 0.05) is 11.6 Å². The smallest absolute Gasteiger partial charge is 0.273 e. The van der Waals surface area contributed by atoms with Crippen molar-refractivity contribution >= 4 is 27.3 Å². The highest BCUT2D eigenvalue weighted by atomic mass is 32.2. The fraction of sp³-hybridized carbons (Fsp3) is 0.286. The molecule has 2 heterocycles. The van der Waals surface area contributed by atoms with Gasteiger partial charge in [0.25, 0.3) is 5.19 Å². The third-order valence-electron chi connectivity index (χ3n) is 3.40. The number of rotatable bonds is 6. The van der Waals surface area contributed by atoms with E-state index >= 15 is 0 Å². The van der Waals surface area contributed by atoms with Crippen LogP contribution in [-0.4, -0.2) is 49.9 Å².